The largest absolute Gasteiger partial charge is 0.436 e. The second-order valence-electron chi connectivity index (χ2n) is 6.89. The van der Waals surface area contributed by atoms with Crippen molar-refractivity contribution in [1.82, 2.24) is 4.98 Å². The van der Waals surface area contributed by atoms with Gasteiger partial charge in [0.2, 0.25) is 11.7 Å². The molecule has 1 aromatic heterocycles. The number of oxazole rings is 1. The molecule has 3 rings (SSSR count). The summed E-state index contributed by atoms with van der Waals surface area (Å²) in [6.07, 6.45) is 2.28. The Hall–Kier alpha value is -2.83. The van der Waals surface area contributed by atoms with Crippen LogP contribution in [-0.2, 0) is 0 Å². The quantitative estimate of drug-likeness (QED) is 0.877. The first-order valence-corrected chi connectivity index (χ1v) is 8.79. The van der Waals surface area contributed by atoms with Gasteiger partial charge in [0.25, 0.3) is 5.91 Å². The lowest BCUT2D eigenvalue weighted by molar-refractivity contribution is 0.0987. The summed E-state index contributed by atoms with van der Waals surface area (Å²) in [5.74, 6) is 0.248. The van der Waals surface area contributed by atoms with Crippen molar-refractivity contribution in [2.24, 2.45) is 11.7 Å². The summed E-state index contributed by atoms with van der Waals surface area (Å²) in [6.45, 7) is 7.43. The van der Waals surface area contributed by atoms with Gasteiger partial charge in [-0.3, -0.25) is 9.59 Å². The number of aromatic nitrogens is 1. The number of nitrogens with two attached hydrogens (primary N) is 1. The Morgan fingerprint density at radius 3 is 2.73 bits per heavy atom. The molecule has 2 amide bonds. The van der Waals surface area contributed by atoms with E-state index in [0.717, 1.165) is 25.2 Å². The third-order valence-electron chi connectivity index (χ3n) is 4.64. The average molecular weight is 356 g/mol. The van der Waals surface area contributed by atoms with Gasteiger partial charge in [0, 0.05) is 25.6 Å². The fourth-order valence-electron chi connectivity index (χ4n) is 3.39. The van der Waals surface area contributed by atoms with Gasteiger partial charge in [-0.05, 0) is 43.9 Å². The van der Waals surface area contributed by atoms with Gasteiger partial charge >= 0.3 is 0 Å². The van der Waals surface area contributed by atoms with E-state index in [0.29, 0.717) is 28.8 Å². The topological polar surface area (TPSA) is 101 Å². The number of hydrogen-bond acceptors (Lipinski definition) is 5. The number of carbonyl (C=O) groups excluding carboxylic acids is 2. The molecule has 0 aliphatic carbocycles. The van der Waals surface area contributed by atoms with Crippen molar-refractivity contribution in [3.8, 4) is 0 Å². The van der Waals surface area contributed by atoms with Crippen LogP contribution in [0.3, 0.4) is 0 Å². The maximum absolute atomic E-state index is 12.6. The van der Waals surface area contributed by atoms with Crippen LogP contribution in [0.15, 0.2) is 22.6 Å². The first kappa shape index (κ1) is 18.0. The summed E-state index contributed by atoms with van der Waals surface area (Å²) in [5, 5.41) is 2.87. The highest BCUT2D eigenvalue weighted by molar-refractivity contribution is 6.06. The predicted molar refractivity (Wildman–Crippen MR) is 99.5 cm³/mol. The van der Waals surface area contributed by atoms with Crippen LogP contribution < -0.4 is 16.0 Å². The van der Waals surface area contributed by atoms with E-state index >= 15 is 0 Å². The van der Waals surface area contributed by atoms with Crippen LogP contribution in [0.5, 0.6) is 0 Å². The Morgan fingerprint density at radius 2 is 2.12 bits per heavy atom. The van der Waals surface area contributed by atoms with Crippen molar-refractivity contribution in [3.63, 3.8) is 0 Å². The molecule has 7 heteroatoms. The molecule has 1 atom stereocenters. The summed E-state index contributed by atoms with van der Waals surface area (Å²) in [5.41, 5.74) is 7.71. The summed E-state index contributed by atoms with van der Waals surface area (Å²) in [4.78, 5) is 30.6. The Balaban J connectivity index is 1.94. The van der Waals surface area contributed by atoms with E-state index in [-0.39, 0.29) is 5.76 Å². The number of nitrogens with one attached hydrogen (secondary N) is 1. The van der Waals surface area contributed by atoms with Gasteiger partial charge in [-0.15, -0.1) is 0 Å². The molecular formula is C19H24N4O3. The fraction of sp³-hybridized carbons (Fsp3) is 0.421. The zero-order valence-corrected chi connectivity index (χ0v) is 15.3. The highest BCUT2D eigenvalue weighted by Gasteiger charge is 2.22. The standard InChI is InChI=1S/C19H24N4O3/c1-11-5-4-8-23(10-11)16-7-6-14(18(20)24)9-15(16)22-19(25)17-12(2)21-13(3)26-17/h6-7,9,11H,4-5,8,10H2,1-3H3,(H2,20,24)(H,22,25). The molecule has 3 N–H and O–H groups in total. The van der Waals surface area contributed by atoms with Gasteiger partial charge in [0.1, 0.15) is 0 Å². The van der Waals surface area contributed by atoms with E-state index in [9.17, 15) is 9.59 Å². The summed E-state index contributed by atoms with van der Waals surface area (Å²) in [7, 11) is 0. The average Bonchev–Trinajstić information content (AvgIpc) is 2.93. The number of primary amides is 1. The number of hydrogen-bond donors (Lipinski definition) is 2. The zero-order chi connectivity index (χ0) is 18.8. The number of amides is 2. The van der Waals surface area contributed by atoms with Gasteiger partial charge in [-0.25, -0.2) is 4.98 Å². The number of nitrogens with zero attached hydrogens (tertiary/aromatic N) is 2. The number of carbonyl (C=O) groups is 2. The molecule has 1 unspecified atom stereocenters. The molecule has 2 heterocycles. The lowest BCUT2D eigenvalue weighted by atomic mass is 9.99. The van der Waals surface area contributed by atoms with Crippen molar-refractivity contribution in [1.29, 1.82) is 0 Å². The fourth-order valence-corrected chi connectivity index (χ4v) is 3.39. The predicted octanol–water partition coefficient (Wildman–Crippen LogP) is 2.88. The maximum Gasteiger partial charge on any atom is 0.293 e. The molecule has 0 bridgehead atoms. The summed E-state index contributed by atoms with van der Waals surface area (Å²) < 4.78 is 5.40. The normalized spacial score (nSPS) is 17.2. The van der Waals surface area contributed by atoms with E-state index in [4.69, 9.17) is 10.2 Å². The molecule has 138 valence electrons. The molecule has 1 aromatic carbocycles. The van der Waals surface area contributed by atoms with E-state index in [1.807, 2.05) is 6.07 Å². The molecule has 2 aromatic rings. The van der Waals surface area contributed by atoms with E-state index in [2.05, 4.69) is 22.1 Å². The van der Waals surface area contributed by atoms with Crippen LogP contribution in [-0.4, -0.2) is 29.9 Å². The van der Waals surface area contributed by atoms with E-state index in [1.54, 1.807) is 26.0 Å². The molecule has 1 saturated heterocycles. The minimum absolute atomic E-state index is 0.171. The smallest absolute Gasteiger partial charge is 0.293 e. The number of rotatable bonds is 4. The number of anilines is 2. The molecule has 26 heavy (non-hydrogen) atoms. The molecule has 1 aliphatic rings. The van der Waals surface area contributed by atoms with Gasteiger partial charge < -0.3 is 20.4 Å². The molecule has 0 spiro atoms. The Bertz CT molecular complexity index is 843. The highest BCUT2D eigenvalue weighted by atomic mass is 16.4. The Kier molecular flexibility index (Phi) is 4.97. The molecule has 0 radical (unpaired) electrons. The van der Waals surface area contributed by atoms with Crippen LogP contribution in [0.25, 0.3) is 0 Å². The minimum atomic E-state index is -0.536. The summed E-state index contributed by atoms with van der Waals surface area (Å²) in [6, 6.07) is 5.15. The first-order chi connectivity index (χ1) is 12.3. The first-order valence-electron chi connectivity index (χ1n) is 8.79. The molecule has 1 fully saturated rings. The number of aryl methyl sites for hydroxylation is 2. The van der Waals surface area contributed by atoms with Crippen molar-refractivity contribution >= 4 is 23.2 Å². The zero-order valence-electron chi connectivity index (χ0n) is 15.3. The van der Waals surface area contributed by atoms with Crippen molar-refractivity contribution in [2.45, 2.75) is 33.6 Å². The third kappa shape index (κ3) is 3.71. The Morgan fingerprint density at radius 1 is 1.35 bits per heavy atom. The van der Waals surface area contributed by atoms with E-state index < -0.39 is 11.8 Å². The second-order valence-corrected chi connectivity index (χ2v) is 6.89. The molecule has 0 saturated carbocycles. The molecule has 1 aliphatic heterocycles. The van der Waals surface area contributed by atoms with Crippen molar-refractivity contribution in [3.05, 3.63) is 41.1 Å². The van der Waals surface area contributed by atoms with Crippen molar-refractivity contribution in [2.75, 3.05) is 23.3 Å². The van der Waals surface area contributed by atoms with Crippen LogP contribution >= 0.6 is 0 Å². The monoisotopic (exact) mass is 356 g/mol. The van der Waals surface area contributed by atoms with Crippen LogP contribution in [0, 0.1) is 19.8 Å². The summed E-state index contributed by atoms with van der Waals surface area (Å²) >= 11 is 0. The van der Waals surface area contributed by atoms with Gasteiger partial charge in [-0.1, -0.05) is 6.92 Å². The van der Waals surface area contributed by atoms with Crippen LogP contribution in [0.1, 0.15) is 52.3 Å². The maximum atomic E-state index is 12.6. The number of piperidine rings is 1. The SMILES string of the molecule is Cc1nc(C)c(C(=O)Nc2cc(C(N)=O)ccc2N2CCCC(C)C2)o1. The lowest BCUT2D eigenvalue weighted by Gasteiger charge is -2.34. The Labute approximate surface area is 152 Å². The molecular weight excluding hydrogens is 332 g/mol. The van der Waals surface area contributed by atoms with Crippen molar-refractivity contribution < 1.29 is 14.0 Å². The van der Waals surface area contributed by atoms with Gasteiger partial charge in [0.15, 0.2) is 5.89 Å². The number of benzene rings is 1. The van der Waals surface area contributed by atoms with Gasteiger partial charge in [0.05, 0.1) is 17.1 Å². The highest BCUT2D eigenvalue weighted by Crippen LogP contribution is 2.31. The molecule has 7 nitrogen and oxygen atoms in total. The van der Waals surface area contributed by atoms with Gasteiger partial charge in [-0.2, -0.15) is 0 Å². The lowest BCUT2D eigenvalue weighted by Crippen LogP contribution is -2.35. The third-order valence-corrected chi connectivity index (χ3v) is 4.64. The second kappa shape index (κ2) is 7.19. The van der Waals surface area contributed by atoms with Crippen LogP contribution in [0.4, 0.5) is 11.4 Å². The van der Waals surface area contributed by atoms with E-state index in [1.165, 1.54) is 6.42 Å². The minimum Gasteiger partial charge on any atom is -0.436 e. The van der Waals surface area contributed by atoms with Crippen LogP contribution in [0.2, 0.25) is 0 Å².